The minimum absolute atomic E-state index is 0.653. The van der Waals surface area contributed by atoms with Crippen molar-refractivity contribution < 1.29 is 5.21 Å². The molecule has 1 N–H and O–H groups in total. The Balaban J connectivity index is 2.75. The van der Waals surface area contributed by atoms with Gasteiger partial charge in [0.2, 0.25) is 0 Å². The predicted octanol–water partition coefficient (Wildman–Crippen LogP) is 1.44. The Kier molecular flexibility index (Phi) is 1.88. The van der Waals surface area contributed by atoms with Gasteiger partial charge in [-0.3, -0.25) is 0 Å². The number of hydrogen-bond acceptors (Lipinski definition) is 4. The van der Waals surface area contributed by atoms with Gasteiger partial charge in [0.25, 0.3) is 0 Å². The van der Waals surface area contributed by atoms with E-state index in [2.05, 4.69) is 15.1 Å². The van der Waals surface area contributed by atoms with Crippen molar-refractivity contribution in [1.29, 1.82) is 0 Å². The molecule has 2 aromatic rings. The fourth-order valence-corrected chi connectivity index (χ4v) is 1.18. The van der Waals surface area contributed by atoms with Gasteiger partial charge in [-0.15, -0.1) is 0 Å². The Hall–Kier alpha value is -1.97. The molecule has 4 heteroatoms. The molecule has 0 radical (unpaired) electrons. The second kappa shape index (κ2) is 3.18. The lowest BCUT2D eigenvalue weighted by Crippen LogP contribution is -1.88. The molecule has 0 saturated carbocycles. The van der Waals surface area contributed by atoms with Gasteiger partial charge in [0.05, 0.1) is 6.21 Å². The van der Waals surface area contributed by atoms with Gasteiger partial charge in [-0.1, -0.05) is 5.16 Å². The minimum Gasteiger partial charge on any atom is -0.411 e. The Morgan fingerprint density at radius 2 is 2.08 bits per heavy atom. The van der Waals surface area contributed by atoms with Gasteiger partial charge < -0.3 is 5.21 Å². The largest absolute Gasteiger partial charge is 0.411 e. The fraction of sp³-hybridized carbons (Fsp3) is 0. The van der Waals surface area contributed by atoms with Crippen LogP contribution in [-0.4, -0.2) is 21.4 Å². The number of fused-ring (bicyclic) bond motifs is 1. The first-order chi connectivity index (χ1) is 6.42. The molecule has 0 saturated heterocycles. The Labute approximate surface area is 74.6 Å². The van der Waals surface area contributed by atoms with Crippen molar-refractivity contribution in [3.8, 4) is 0 Å². The molecule has 4 nitrogen and oxygen atoms in total. The number of aromatic nitrogens is 2. The van der Waals surface area contributed by atoms with Crippen LogP contribution in [0.25, 0.3) is 11.0 Å². The van der Waals surface area contributed by atoms with E-state index in [0.717, 1.165) is 10.9 Å². The van der Waals surface area contributed by atoms with Gasteiger partial charge in [-0.2, -0.15) is 0 Å². The molecular formula is C9H7N3O. The summed E-state index contributed by atoms with van der Waals surface area (Å²) in [5, 5.41) is 12.3. The molecular weight excluding hydrogens is 166 g/mol. The SMILES string of the molecule is O/N=C\c1ccnc2ncccc12. The van der Waals surface area contributed by atoms with Crippen molar-refractivity contribution in [3.05, 3.63) is 36.2 Å². The van der Waals surface area contributed by atoms with Crippen molar-refractivity contribution in [3.63, 3.8) is 0 Å². The van der Waals surface area contributed by atoms with Crippen molar-refractivity contribution in [2.45, 2.75) is 0 Å². The molecule has 13 heavy (non-hydrogen) atoms. The zero-order valence-electron chi connectivity index (χ0n) is 6.75. The van der Waals surface area contributed by atoms with E-state index in [9.17, 15) is 0 Å². The molecule has 0 atom stereocenters. The van der Waals surface area contributed by atoms with Crippen molar-refractivity contribution >= 4 is 17.2 Å². The molecule has 2 aromatic heterocycles. The van der Waals surface area contributed by atoms with Crippen LogP contribution >= 0.6 is 0 Å². The van der Waals surface area contributed by atoms with E-state index < -0.39 is 0 Å². The quantitative estimate of drug-likeness (QED) is 0.403. The first kappa shape index (κ1) is 7.67. The second-order valence-corrected chi connectivity index (χ2v) is 2.52. The van der Waals surface area contributed by atoms with Crippen LogP contribution in [0.3, 0.4) is 0 Å². The molecule has 0 aliphatic rings. The third-order valence-corrected chi connectivity index (χ3v) is 1.75. The van der Waals surface area contributed by atoms with E-state index in [1.54, 1.807) is 18.5 Å². The van der Waals surface area contributed by atoms with Crippen LogP contribution in [0.4, 0.5) is 0 Å². The first-order valence-corrected chi connectivity index (χ1v) is 3.79. The third-order valence-electron chi connectivity index (χ3n) is 1.75. The van der Waals surface area contributed by atoms with E-state index in [0.29, 0.717) is 5.65 Å². The molecule has 2 rings (SSSR count). The molecule has 0 amide bonds. The molecule has 2 heterocycles. The maximum Gasteiger partial charge on any atom is 0.159 e. The number of oxime groups is 1. The molecule has 0 spiro atoms. The summed E-state index contributed by atoms with van der Waals surface area (Å²) in [6, 6.07) is 5.47. The highest BCUT2D eigenvalue weighted by Crippen LogP contribution is 2.11. The number of rotatable bonds is 1. The van der Waals surface area contributed by atoms with E-state index in [4.69, 9.17) is 5.21 Å². The Bertz CT molecular complexity index is 448. The van der Waals surface area contributed by atoms with Crippen LogP contribution in [0.2, 0.25) is 0 Å². The summed E-state index contributed by atoms with van der Waals surface area (Å²) in [7, 11) is 0. The molecule has 0 aliphatic carbocycles. The average Bonchev–Trinajstić information content (AvgIpc) is 2.19. The molecule has 0 unspecified atom stereocenters. The summed E-state index contributed by atoms with van der Waals surface area (Å²) in [6.07, 6.45) is 4.67. The standard InChI is InChI=1S/C9H7N3O/c13-12-6-7-3-5-11-9-8(7)2-1-4-10-9/h1-6,13H/b12-6-. The lowest BCUT2D eigenvalue weighted by Gasteiger charge is -1.97. The molecule has 0 aliphatic heterocycles. The van der Waals surface area contributed by atoms with Gasteiger partial charge in [0, 0.05) is 23.3 Å². The summed E-state index contributed by atoms with van der Waals surface area (Å²) in [5.74, 6) is 0. The number of hydrogen-bond donors (Lipinski definition) is 1. The smallest absolute Gasteiger partial charge is 0.159 e. The zero-order chi connectivity index (χ0) is 9.10. The van der Waals surface area contributed by atoms with Crippen LogP contribution in [0.1, 0.15) is 5.56 Å². The van der Waals surface area contributed by atoms with Crippen molar-refractivity contribution in [2.24, 2.45) is 5.16 Å². The number of nitrogens with zero attached hydrogens (tertiary/aromatic N) is 3. The highest BCUT2D eigenvalue weighted by atomic mass is 16.4. The van der Waals surface area contributed by atoms with Crippen LogP contribution in [0.5, 0.6) is 0 Å². The normalized spacial score (nSPS) is 11.1. The van der Waals surface area contributed by atoms with Gasteiger partial charge in [-0.25, -0.2) is 9.97 Å². The Morgan fingerprint density at radius 3 is 2.92 bits per heavy atom. The third kappa shape index (κ3) is 1.33. The highest BCUT2D eigenvalue weighted by Gasteiger charge is 1.98. The molecule has 0 fully saturated rings. The summed E-state index contributed by atoms with van der Waals surface area (Å²) in [6.45, 7) is 0. The predicted molar refractivity (Wildman–Crippen MR) is 48.9 cm³/mol. The second-order valence-electron chi connectivity index (χ2n) is 2.52. The maximum atomic E-state index is 8.41. The Morgan fingerprint density at radius 1 is 1.23 bits per heavy atom. The highest BCUT2D eigenvalue weighted by molar-refractivity contribution is 5.96. The van der Waals surface area contributed by atoms with E-state index in [1.807, 2.05) is 12.1 Å². The summed E-state index contributed by atoms with van der Waals surface area (Å²) in [4.78, 5) is 8.14. The van der Waals surface area contributed by atoms with Crippen LogP contribution < -0.4 is 0 Å². The van der Waals surface area contributed by atoms with Crippen LogP contribution in [0.15, 0.2) is 35.7 Å². The lowest BCUT2D eigenvalue weighted by atomic mass is 10.2. The number of pyridine rings is 2. The first-order valence-electron chi connectivity index (χ1n) is 3.79. The molecule has 64 valence electrons. The summed E-state index contributed by atoms with van der Waals surface area (Å²) >= 11 is 0. The van der Waals surface area contributed by atoms with Gasteiger partial charge >= 0.3 is 0 Å². The fourth-order valence-electron chi connectivity index (χ4n) is 1.18. The maximum absolute atomic E-state index is 8.41. The monoisotopic (exact) mass is 173 g/mol. The lowest BCUT2D eigenvalue weighted by molar-refractivity contribution is 0.322. The van der Waals surface area contributed by atoms with Crippen molar-refractivity contribution in [1.82, 2.24) is 9.97 Å². The van der Waals surface area contributed by atoms with Crippen LogP contribution in [0, 0.1) is 0 Å². The average molecular weight is 173 g/mol. The minimum atomic E-state index is 0.653. The van der Waals surface area contributed by atoms with E-state index >= 15 is 0 Å². The summed E-state index contributed by atoms with van der Waals surface area (Å²) in [5.41, 5.74) is 1.46. The van der Waals surface area contributed by atoms with Crippen molar-refractivity contribution in [2.75, 3.05) is 0 Å². The molecule has 0 bridgehead atoms. The van der Waals surface area contributed by atoms with Gasteiger partial charge in [-0.05, 0) is 18.2 Å². The van der Waals surface area contributed by atoms with E-state index in [1.165, 1.54) is 6.21 Å². The topological polar surface area (TPSA) is 58.4 Å². The van der Waals surface area contributed by atoms with E-state index in [-0.39, 0.29) is 0 Å². The molecule has 0 aromatic carbocycles. The van der Waals surface area contributed by atoms with Crippen LogP contribution in [-0.2, 0) is 0 Å². The van der Waals surface area contributed by atoms with Gasteiger partial charge in [0.15, 0.2) is 5.65 Å². The van der Waals surface area contributed by atoms with Gasteiger partial charge in [0.1, 0.15) is 0 Å². The summed E-state index contributed by atoms with van der Waals surface area (Å²) < 4.78 is 0. The zero-order valence-corrected chi connectivity index (χ0v) is 6.75.